The Hall–Kier alpha value is -2.82. The number of anilines is 1. The van der Waals surface area contributed by atoms with Gasteiger partial charge in [-0.05, 0) is 24.3 Å². The summed E-state index contributed by atoms with van der Waals surface area (Å²) in [6.07, 6.45) is 4.32. The Morgan fingerprint density at radius 3 is 2.67 bits per heavy atom. The number of carbonyl (C=O) groups excluding carboxylic acids is 1. The first-order valence-corrected chi connectivity index (χ1v) is 9.67. The highest BCUT2D eigenvalue weighted by Gasteiger charge is 2.17. The summed E-state index contributed by atoms with van der Waals surface area (Å²) in [5.41, 5.74) is 0.484. The summed E-state index contributed by atoms with van der Waals surface area (Å²) in [5.74, 6) is 0.199. The fraction of sp³-hybridized carbons (Fsp3) is 0.125. The Morgan fingerprint density at radius 2 is 2.00 bits per heavy atom. The van der Waals surface area contributed by atoms with Crippen LogP contribution in [0.1, 0.15) is 6.42 Å². The summed E-state index contributed by atoms with van der Waals surface area (Å²) in [6.45, 7) is -0.0656. The smallest absolute Gasteiger partial charge is 0.242 e. The molecule has 3 aromatic rings. The van der Waals surface area contributed by atoms with Gasteiger partial charge in [-0.25, -0.2) is 27.8 Å². The second-order valence-corrected chi connectivity index (χ2v) is 7.51. The summed E-state index contributed by atoms with van der Waals surface area (Å²) < 4.78 is 28.2. The minimum atomic E-state index is -3.78. The third kappa shape index (κ3) is 4.88. The van der Waals surface area contributed by atoms with Gasteiger partial charge >= 0.3 is 0 Å². The van der Waals surface area contributed by atoms with Gasteiger partial charge in [0.05, 0.1) is 16.9 Å². The quantitative estimate of drug-likeness (QED) is 0.615. The summed E-state index contributed by atoms with van der Waals surface area (Å²) in [5, 5.41) is 6.72. The molecule has 0 bridgehead atoms. The second kappa shape index (κ2) is 8.25. The molecule has 0 aliphatic carbocycles. The molecule has 1 amide bonds. The average Bonchev–Trinajstić information content (AvgIpc) is 3.17. The van der Waals surface area contributed by atoms with Gasteiger partial charge in [0.1, 0.15) is 17.6 Å². The number of hydrogen-bond donors (Lipinski definition) is 2. The number of amides is 1. The minimum Gasteiger partial charge on any atom is -0.325 e. The number of aromatic nitrogens is 4. The van der Waals surface area contributed by atoms with Gasteiger partial charge in [0.2, 0.25) is 15.9 Å². The third-order valence-corrected chi connectivity index (χ3v) is 5.42. The molecule has 0 aliphatic rings. The first-order valence-electron chi connectivity index (χ1n) is 7.81. The Kier molecular flexibility index (Phi) is 5.79. The van der Waals surface area contributed by atoms with Crippen LogP contribution in [0.3, 0.4) is 0 Å². The topological polar surface area (TPSA) is 119 Å². The van der Waals surface area contributed by atoms with E-state index in [4.69, 9.17) is 11.6 Å². The third-order valence-electron chi connectivity index (χ3n) is 3.46. The van der Waals surface area contributed by atoms with E-state index in [1.807, 2.05) is 0 Å². The van der Waals surface area contributed by atoms with Gasteiger partial charge in [-0.1, -0.05) is 23.7 Å². The van der Waals surface area contributed by atoms with Crippen LogP contribution in [0.25, 0.3) is 5.82 Å². The predicted molar refractivity (Wildman–Crippen MR) is 99.0 cm³/mol. The van der Waals surface area contributed by atoms with E-state index in [-0.39, 0.29) is 28.8 Å². The average molecular weight is 407 g/mol. The van der Waals surface area contributed by atoms with Crippen LogP contribution in [0.5, 0.6) is 0 Å². The molecule has 140 valence electrons. The zero-order valence-corrected chi connectivity index (χ0v) is 15.5. The fourth-order valence-electron chi connectivity index (χ4n) is 2.18. The number of halogens is 1. The first kappa shape index (κ1) is 19.0. The number of nitrogens with zero attached hydrogens (tertiary/aromatic N) is 4. The predicted octanol–water partition coefficient (Wildman–Crippen LogP) is 1.62. The zero-order chi connectivity index (χ0) is 19.3. The second-order valence-electron chi connectivity index (χ2n) is 5.37. The number of pyridine rings is 1. The maximum absolute atomic E-state index is 12.2. The van der Waals surface area contributed by atoms with Crippen LogP contribution in [0.15, 0.2) is 60.1 Å². The summed E-state index contributed by atoms with van der Waals surface area (Å²) in [4.78, 5) is 20.0. The van der Waals surface area contributed by atoms with Gasteiger partial charge in [0.25, 0.3) is 0 Å². The molecule has 11 heteroatoms. The molecule has 0 saturated carbocycles. The molecule has 2 heterocycles. The highest BCUT2D eigenvalue weighted by molar-refractivity contribution is 7.89. The fourth-order valence-corrected chi connectivity index (χ4v) is 3.73. The molecule has 2 N–H and O–H groups in total. The van der Waals surface area contributed by atoms with Crippen molar-refractivity contribution in [2.24, 2.45) is 0 Å². The van der Waals surface area contributed by atoms with Gasteiger partial charge in [-0.15, -0.1) is 0 Å². The van der Waals surface area contributed by atoms with Crippen molar-refractivity contribution in [3.05, 3.63) is 60.3 Å². The van der Waals surface area contributed by atoms with Gasteiger partial charge in [0, 0.05) is 13.0 Å². The first-order chi connectivity index (χ1) is 13.0. The lowest BCUT2D eigenvalue weighted by Crippen LogP contribution is -2.28. The van der Waals surface area contributed by atoms with Crippen LogP contribution in [0, 0.1) is 0 Å². The van der Waals surface area contributed by atoms with Gasteiger partial charge < -0.3 is 5.32 Å². The standard InChI is InChI=1S/C16H15ClN6O3S/c17-13-3-1-2-4-14(13)27(25,26)21-8-7-16(24)22-12-5-6-15(19-9-12)23-11-18-10-20-23/h1-6,9-11,21H,7-8H2,(H,22,24). The Balaban J connectivity index is 1.52. The summed E-state index contributed by atoms with van der Waals surface area (Å²) in [6, 6.07) is 9.42. The van der Waals surface area contributed by atoms with E-state index in [0.29, 0.717) is 11.5 Å². The highest BCUT2D eigenvalue weighted by Crippen LogP contribution is 2.20. The Labute approximate surface area is 160 Å². The lowest BCUT2D eigenvalue weighted by molar-refractivity contribution is -0.116. The van der Waals surface area contributed by atoms with Crippen molar-refractivity contribution in [3.63, 3.8) is 0 Å². The van der Waals surface area contributed by atoms with E-state index in [0.717, 1.165) is 0 Å². The zero-order valence-electron chi connectivity index (χ0n) is 13.9. The van der Waals surface area contributed by atoms with Crippen LogP contribution in [-0.4, -0.2) is 40.6 Å². The molecule has 2 aromatic heterocycles. The highest BCUT2D eigenvalue weighted by atomic mass is 35.5. The van der Waals surface area contributed by atoms with Gasteiger partial charge in [-0.3, -0.25) is 4.79 Å². The molecule has 9 nitrogen and oxygen atoms in total. The van der Waals surface area contributed by atoms with E-state index in [9.17, 15) is 13.2 Å². The minimum absolute atomic E-state index is 0.0278. The lowest BCUT2D eigenvalue weighted by atomic mass is 10.3. The summed E-state index contributed by atoms with van der Waals surface area (Å²) in [7, 11) is -3.78. The molecule has 0 atom stereocenters. The SMILES string of the molecule is O=C(CCNS(=O)(=O)c1ccccc1Cl)Nc1ccc(-n2cncn2)nc1. The number of benzene rings is 1. The van der Waals surface area contributed by atoms with Crippen LogP contribution >= 0.6 is 11.6 Å². The van der Waals surface area contributed by atoms with Crippen molar-refractivity contribution >= 4 is 33.2 Å². The van der Waals surface area contributed by atoms with Crippen molar-refractivity contribution in [3.8, 4) is 5.82 Å². The van der Waals surface area contributed by atoms with Crippen molar-refractivity contribution < 1.29 is 13.2 Å². The van der Waals surface area contributed by atoms with E-state index < -0.39 is 10.0 Å². The monoisotopic (exact) mass is 406 g/mol. The molecule has 0 aliphatic heterocycles. The molecule has 0 unspecified atom stereocenters. The number of sulfonamides is 1. The number of hydrogen-bond acceptors (Lipinski definition) is 6. The number of carbonyl (C=O) groups is 1. The Morgan fingerprint density at radius 1 is 1.19 bits per heavy atom. The molecule has 27 heavy (non-hydrogen) atoms. The number of rotatable bonds is 7. The van der Waals surface area contributed by atoms with Gasteiger partial charge in [0.15, 0.2) is 5.82 Å². The van der Waals surface area contributed by atoms with Crippen LogP contribution in [0.2, 0.25) is 5.02 Å². The van der Waals surface area contributed by atoms with Crippen molar-refractivity contribution in [1.29, 1.82) is 0 Å². The molecular weight excluding hydrogens is 392 g/mol. The molecule has 0 spiro atoms. The molecule has 0 radical (unpaired) electrons. The molecule has 0 saturated heterocycles. The van der Waals surface area contributed by atoms with E-state index >= 15 is 0 Å². The normalized spacial score (nSPS) is 11.3. The molecule has 1 aromatic carbocycles. The van der Waals surface area contributed by atoms with E-state index in [1.165, 1.54) is 35.7 Å². The maximum Gasteiger partial charge on any atom is 0.242 e. The van der Waals surface area contributed by atoms with Crippen molar-refractivity contribution in [1.82, 2.24) is 24.5 Å². The van der Waals surface area contributed by atoms with Gasteiger partial charge in [-0.2, -0.15) is 5.10 Å². The number of nitrogens with one attached hydrogen (secondary N) is 2. The molecule has 0 fully saturated rings. The lowest BCUT2D eigenvalue weighted by Gasteiger charge is -2.09. The van der Waals surface area contributed by atoms with E-state index in [1.54, 1.807) is 24.3 Å². The van der Waals surface area contributed by atoms with E-state index in [2.05, 4.69) is 25.1 Å². The Bertz CT molecular complexity index is 1020. The molecular formula is C16H15ClN6O3S. The largest absolute Gasteiger partial charge is 0.325 e. The van der Waals surface area contributed by atoms with Crippen molar-refractivity contribution in [2.75, 3.05) is 11.9 Å². The van der Waals surface area contributed by atoms with Crippen LogP contribution < -0.4 is 10.0 Å². The maximum atomic E-state index is 12.2. The molecule has 3 rings (SSSR count). The summed E-state index contributed by atoms with van der Waals surface area (Å²) >= 11 is 5.89. The van der Waals surface area contributed by atoms with Crippen molar-refractivity contribution in [2.45, 2.75) is 11.3 Å². The van der Waals surface area contributed by atoms with Crippen LogP contribution in [-0.2, 0) is 14.8 Å². The van der Waals surface area contributed by atoms with Crippen LogP contribution in [0.4, 0.5) is 5.69 Å².